The summed E-state index contributed by atoms with van der Waals surface area (Å²) in [4.78, 5) is 15.8. The summed E-state index contributed by atoms with van der Waals surface area (Å²) in [6.07, 6.45) is 2.25. The number of nitrogens with zero attached hydrogens (tertiary/aromatic N) is 1. The van der Waals surface area contributed by atoms with Crippen molar-refractivity contribution in [1.82, 2.24) is 10.3 Å². The number of benzene rings is 1. The quantitative estimate of drug-likeness (QED) is 0.918. The molecule has 0 fully saturated rings. The molecule has 0 aliphatic rings. The van der Waals surface area contributed by atoms with Gasteiger partial charge in [0.1, 0.15) is 0 Å². The van der Waals surface area contributed by atoms with Crippen LogP contribution in [0.1, 0.15) is 16.1 Å². The highest BCUT2D eigenvalue weighted by molar-refractivity contribution is 5.94. The van der Waals surface area contributed by atoms with Crippen LogP contribution < -0.4 is 5.32 Å². The molecule has 1 amide bonds. The first-order chi connectivity index (χ1) is 9.16. The van der Waals surface area contributed by atoms with E-state index in [9.17, 15) is 13.6 Å². The molecular weight excluding hydrogens is 250 g/mol. The Bertz CT molecular complexity index is 573. The fourth-order valence-corrected chi connectivity index (χ4v) is 1.59. The molecule has 1 aromatic carbocycles. The summed E-state index contributed by atoms with van der Waals surface area (Å²) in [5, 5.41) is 2.63. The summed E-state index contributed by atoms with van der Waals surface area (Å²) >= 11 is 0. The van der Waals surface area contributed by atoms with Crippen molar-refractivity contribution in [3.05, 3.63) is 65.5 Å². The third-order valence-corrected chi connectivity index (χ3v) is 2.57. The molecule has 2 rings (SSSR count). The number of halogens is 2. The maximum absolute atomic E-state index is 13.0. The minimum absolute atomic E-state index is 0.0971. The third kappa shape index (κ3) is 3.58. The zero-order chi connectivity index (χ0) is 13.7. The summed E-state index contributed by atoms with van der Waals surface area (Å²) in [5.74, 6) is -2.43. The van der Waals surface area contributed by atoms with Crippen LogP contribution in [-0.4, -0.2) is 17.4 Å². The van der Waals surface area contributed by atoms with Gasteiger partial charge in [0.05, 0.1) is 0 Å². The summed E-state index contributed by atoms with van der Waals surface area (Å²) in [5.41, 5.74) is 0.952. The molecule has 0 aliphatic carbocycles. The molecule has 0 spiro atoms. The summed E-state index contributed by atoms with van der Waals surface area (Å²) in [6, 6.07) is 8.58. The topological polar surface area (TPSA) is 42.0 Å². The van der Waals surface area contributed by atoms with Gasteiger partial charge < -0.3 is 5.32 Å². The maximum Gasteiger partial charge on any atom is 0.251 e. The van der Waals surface area contributed by atoms with E-state index in [2.05, 4.69) is 10.3 Å². The average molecular weight is 262 g/mol. The molecule has 0 saturated carbocycles. The molecule has 0 radical (unpaired) electrons. The molecule has 2 aromatic rings. The van der Waals surface area contributed by atoms with Crippen molar-refractivity contribution in [3.63, 3.8) is 0 Å². The van der Waals surface area contributed by atoms with Crippen LogP contribution in [0.5, 0.6) is 0 Å². The third-order valence-electron chi connectivity index (χ3n) is 2.57. The van der Waals surface area contributed by atoms with E-state index >= 15 is 0 Å². The Hall–Kier alpha value is -2.30. The van der Waals surface area contributed by atoms with E-state index in [1.54, 1.807) is 6.20 Å². The molecular formula is C14H12F2N2O. The van der Waals surface area contributed by atoms with Gasteiger partial charge >= 0.3 is 0 Å². The van der Waals surface area contributed by atoms with Gasteiger partial charge in [-0.25, -0.2) is 8.78 Å². The van der Waals surface area contributed by atoms with Crippen molar-refractivity contribution in [2.45, 2.75) is 6.42 Å². The van der Waals surface area contributed by atoms with Gasteiger partial charge in [-0.15, -0.1) is 0 Å². The predicted octanol–water partition coefficient (Wildman–Crippen LogP) is 2.33. The molecule has 1 aromatic heterocycles. The molecule has 98 valence electrons. The number of amides is 1. The molecule has 0 saturated heterocycles. The van der Waals surface area contributed by atoms with Crippen molar-refractivity contribution in [1.29, 1.82) is 0 Å². The van der Waals surface area contributed by atoms with Crippen LogP contribution in [0.4, 0.5) is 8.78 Å². The number of carbonyl (C=O) groups is 1. The zero-order valence-corrected chi connectivity index (χ0v) is 10.1. The first-order valence-electron chi connectivity index (χ1n) is 5.80. The van der Waals surface area contributed by atoms with Gasteiger partial charge in [-0.05, 0) is 30.3 Å². The Balaban J connectivity index is 1.89. The Kier molecular flexibility index (Phi) is 4.18. The van der Waals surface area contributed by atoms with Crippen LogP contribution >= 0.6 is 0 Å². The van der Waals surface area contributed by atoms with Crippen molar-refractivity contribution >= 4 is 5.91 Å². The molecule has 1 heterocycles. The monoisotopic (exact) mass is 262 g/mol. The smallest absolute Gasteiger partial charge is 0.251 e. The molecule has 0 aliphatic heterocycles. The summed E-state index contributed by atoms with van der Waals surface area (Å²) in [7, 11) is 0. The van der Waals surface area contributed by atoms with Crippen LogP contribution in [0.2, 0.25) is 0 Å². The lowest BCUT2D eigenvalue weighted by atomic mass is 10.2. The van der Waals surface area contributed by atoms with Gasteiger partial charge in [-0.3, -0.25) is 9.78 Å². The fraction of sp³-hybridized carbons (Fsp3) is 0.143. The number of aromatic nitrogens is 1. The van der Waals surface area contributed by atoms with E-state index < -0.39 is 17.5 Å². The minimum atomic E-state index is -1.03. The normalized spacial score (nSPS) is 10.2. The van der Waals surface area contributed by atoms with E-state index in [0.717, 1.165) is 17.8 Å². The highest BCUT2D eigenvalue weighted by Crippen LogP contribution is 2.08. The van der Waals surface area contributed by atoms with Gasteiger partial charge in [0.15, 0.2) is 11.6 Å². The van der Waals surface area contributed by atoms with E-state index in [-0.39, 0.29) is 5.56 Å². The SMILES string of the molecule is O=C(NCCc1ccccn1)c1ccc(F)c(F)c1. The lowest BCUT2D eigenvalue weighted by molar-refractivity contribution is 0.0953. The lowest BCUT2D eigenvalue weighted by Crippen LogP contribution is -2.26. The molecule has 3 nitrogen and oxygen atoms in total. The standard InChI is InChI=1S/C14H12F2N2O/c15-12-5-4-10(9-13(12)16)14(19)18-8-6-11-3-1-2-7-17-11/h1-5,7,9H,6,8H2,(H,18,19). The average Bonchev–Trinajstić information content (AvgIpc) is 2.43. The largest absolute Gasteiger partial charge is 0.352 e. The Morgan fingerprint density at radius 1 is 1.16 bits per heavy atom. The highest BCUT2D eigenvalue weighted by atomic mass is 19.2. The number of nitrogens with one attached hydrogen (secondary N) is 1. The van der Waals surface area contributed by atoms with Crippen LogP contribution in [0.3, 0.4) is 0 Å². The van der Waals surface area contributed by atoms with Crippen molar-refractivity contribution in [2.75, 3.05) is 6.54 Å². The zero-order valence-electron chi connectivity index (χ0n) is 10.1. The highest BCUT2D eigenvalue weighted by Gasteiger charge is 2.09. The number of rotatable bonds is 4. The first kappa shape index (κ1) is 13.1. The van der Waals surface area contributed by atoms with E-state index in [4.69, 9.17) is 0 Å². The maximum atomic E-state index is 13.0. The molecule has 5 heteroatoms. The number of hydrogen-bond donors (Lipinski definition) is 1. The molecule has 0 unspecified atom stereocenters. The van der Waals surface area contributed by atoms with Crippen LogP contribution in [0, 0.1) is 11.6 Å². The first-order valence-corrected chi connectivity index (χ1v) is 5.80. The second-order valence-electron chi connectivity index (χ2n) is 3.96. The number of carbonyl (C=O) groups excluding carboxylic acids is 1. The number of pyridine rings is 1. The van der Waals surface area contributed by atoms with E-state index in [0.29, 0.717) is 13.0 Å². The van der Waals surface area contributed by atoms with Gasteiger partial charge in [0.2, 0.25) is 0 Å². The van der Waals surface area contributed by atoms with E-state index in [1.165, 1.54) is 6.07 Å². The Morgan fingerprint density at radius 3 is 2.68 bits per heavy atom. The van der Waals surface area contributed by atoms with Gasteiger partial charge in [0, 0.05) is 30.4 Å². The minimum Gasteiger partial charge on any atom is -0.352 e. The van der Waals surface area contributed by atoms with Crippen molar-refractivity contribution in [2.24, 2.45) is 0 Å². The molecule has 1 N–H and O–H groups in total. The van der Waals surface area contributed by atoms with Gasteiger partial charge in [-0.2, -0.15) is 0 Å². The predicted molar refractivity (Wildman–Crippen MR) is 66.6 cm³/mol. The van der Waals surface area contributed by atoms with Crippen LogP contribution in [0.15, 0.2) is 42.6 Å². The second kappa shape index (κ2) is 6.04. The molecule has 19 heavy (non-hydrogen) atoms. The lowest BCUT2D eigenvalue weighted by Gasteiger charge is -2.05. The number of hydrogen-bond acceptors (Lipinski definition) is 2. The summed E-state index contributed by atoms with van der Waals surface area (Å²) in [6.45, 7) is 0.384. The van der Waals surface area contributed by atoms with Crippen molar-refractivity contribution in [3.8, 4) is 0 Å². The second-order valence-corrected chi connectivity index (χ2v) is 3.96. The van der Waals surface area contributed by atoms with Crippen LogP contribution in [0.25, 0.3) is 0 Å². The van der Waals surface area contributed by atoms with Gasteiger partial charge in [-0.1, -0.05) is 6.07 Å². The fourth-order valence-electron chi connectivity index (χ4n) is 1.59. The molecule has 0 bridgehead atoms. The Morgan fingerprint density at radius 2 is 2.00 bits per heavy atom. The summed E-state index contributed by atoms with van der Waals surface area (Å²) < 4.78 is 25.7. The van der Waals surface area contributed by atoms with Crippen LogP contribution in [-0.2, 0) is 6.42 Å². The van der Waals surface area contributed by atoms with Crippen molar-refractivity contribution < 1.29 is 13.6 Å². The van der Waals surface area contributed by atoms with E-state index in [1.807, 2.05) is 18.2 Å². The molecule has 0 atom stereocenters. The van der Waals surface area contributed by atoms with Gasteiger partial charge in [0.25, 0.3) is 5.91 Å². The Labute approximate surface area is 109 Å².